The molecule has 2 aromatic rings. The molecule has 1 atom stereocenters. The number of urea groups is 1. The highest BCUT2D eigenvalue weighted by molar-refractivity contribution is 5.92. The van der Waals surface area contributed by atoms with Gasteiger partial charge in [0.05, 0.1) is 40.1 Å². The molecule has 1 saturated heterocycles. The summed E-state index contributed by atoms with van der Waals surface area (Å²) in [6, 6.07) is 7.96. The topological polar surface area (TPSA) is 117 Å². The Bertz CT molecular complexity index is 1000. The van der Waals surface area contributed by atoms with E-state index >= 15 is 0 Å². The molecule has 2 heterocycles. The van der Waals surface area contributed by atoms with E-state index < -0.39 is 18.2 Å². The lowest BCUT2D eigenvalue weighted by molar-refractivity contribution is 0.141. The lowest BCUT2D eigenvalue weighted by Crippen LogP contribution is -2.37. The molecule has 0 bridgehead atoms. The number of hydrogen-bond donors (Lipinski definition) is 2. The normalized spacial score (nSPS) is 16.4. The molecule has 170 valence electrons. The van der Waals surface area contributed by atoms with Gasteiger partial charge in [-0.05, 0) is 12.1 Å². The van der Waals surface area contributed by atoms with E-state index in [1.807, 2.05) is 0 Å². The Balaban J connectivity index is 1.36. The summed E-state index contributed by atoms with van der Waals surface area (Å²) in [6.07, 6.45) is -1.08. The van der Waals surface area contributed by atoms with Gasteiger partial charge in [-0.2, -0.15) is 0 Å². The van der Waals surface area contributed by atoms with Crippen molar-refractivity contribution in [3.63, 3.8) is 0 Å². The fourth-order valence-electron chi connectivity index (χ4n) is 3.42. The molecule has 1 fully saturated rings. The second kappa shape index (κ2) is 9.00. The van der Waals surface area contributed by atoms with Crippen molar-refractivity contribution < 1.29 is 38.0 Å². The summed E-state index contributed by atoms with van der Waals surface area (Å²) < 4.78 is 31.9. The van der Waals surface area contributed by atoms with Crippen LogP contribution in [0.1, 0.15) is 0 Å². The van der Waals surface area contributed by atoms with Gasteiger partial charge in [-0.3, -0.25) is 4.90 Å². The zero-order chi connectivity index (χ0) is 22.7. The summed E-state index contributed by atoms with van der Waals surface area (Å²) in [7, 11) is 4.49. The molecular weight excluding hydrogens is 422 g/mol. The van der Waals surface area contributed by atoms with Crippen molar-refractivity contribution in [1.29, 1.82) is 0 Å². The molecule has 1 unspecified atom stereocenters. The van der Waals surface area contributed by atoms with Gasteiger partial charge in [0.15, 0.2) is 23.0 Å². The smallest absolute Gasteiger partial charge is 0.414 e. The predicted octanol–water partition coefficient (Wildman–Crippen LogP) is 2.59. The van der Waals surface area contributed by atoms with Gasteiger partial charge in [0.1, 0.15) is 6.10 Å². The lowest BCUT2D eigenvalue weighted by Gasteiger charge is -2.18. The first kappa shape index (κ1) is 21.2. The number of anilines is 2. The first-order chi connectivity index (χ1) is 15.5. The number of carbonyl (C=O) groups is 2. The zero-order valence-corrected chi connectivity index (χ0v) is 17.8. The van der Waals surface area contributed by atoms with Crippen LogP contribution >= 0.6 is 0 Å². The average molecular weight is 445 g/mol. The highest BCUT2D eigenvalue weighted by Gasteiger charge is 2.33. The van der Waals surface area contributed by atoms with Gasteiger partial charge in [-0.15, -0.1) is 0 Å². The molecule has 0 aliphatic carbocycles. The molecular formula is C21H23N3O8. The van der Waals surface area contributed by atoms with Crippen LogP contribution in [0.2, 0.25) is 0 Å². The number of ether oxygens (including phenoxy) is 6. The molecule has 2 aliphatic heterocycles. The fourth-order valence-corrected chi connectivity index (χ4v) is 3.42. The second-order valence-corrected chi connectivity index (χ2v) is 6.90. The summed E-state index contributed by atoms with van der Waals surface area (Å²) in [5, 5.41) is 5.41. The molecule has 11 heteroatoms. The van der Waals surface area contributed by atoms with E-state index in [9.17, 15) is 9.59 Å². The number of amides is 3. The average Bonchev–Trinajstić information content (AvgIpc) is 3.42. The molecule has 4 rings (SSSR count). The Kier molecular flexibility index (Phi) is 5.97. The van der Waals surface area contributed by atoms with E-state index in [2.05, 4.69) is 10.6 Å². The molecule has 0 spiro atoms. The van der Waals surface area contributed by atoms with Crippen molar-refractivity contribution in [3.05, 3.63) is 30.3 Å². The number of methoxy groups -OCH3 is 3. The summed E-state index contributed by atoms with van der Waals surface area (Å²) >= 11 is 0. The molecule has 2 aliphatic rings. The number of rotatable bonds is 7. The van der Waals surface area contributed by atoms with Crippen molar-refractivity contribution in [2.45, 2.75) is 6.10 Å². The van der Waals surface area contributed by atoms with Crippen molar-refractivity contribution in [1.82, 2.24) is 5.32 Å². The molecule has 2 aromatic carbocycles. The van der Waals surface area contributed by atoms with Gasteiger partial charge in [-0.25, -0.2) is 9.59 Å². The molecule has 11 nitrogen and oxygen atoms in total. The van der Waals surface area contributed by atoms with Crippen LogP contribution in [-0.4, -0.2) is 59.4 Å². The van der Waals surface area contributed by atoms with E-state index in [4.69, 9.17) is 28.4 Å². The number of nitrogens with one attached hydrogen (secondary N) is 2. The lowest BCUT2D eigenvalue weighted by atomic mass is 10.2. The van der Waals surface area contributed by atoms with Crippen LogP contribution in [0.15, 0.2) is 30.3 Å². The Labute approximate surface area is 184 Å². The minimum absolute atomic E-state index is 0.128. The number of cyclic esters (lactones) is 1. The van der Waals surface area contributed by atoms with Crippen LogP contribution < -0.4 is 39.2 Å². The third kappa shape index (κ3) is 4.22. The van der Waals surface area contributed by atoms with Gasteiger partial charge in [-0.1, -0.05) is 0 Å². The fraction of sp³-hybridized carbons (Fsp3) is 0.333. The van der Waals surface area contributed by atoms with Crippen LogP contribution in [0.4, 0.5) is 21.0 Å². The quantitative estimate of drug-likeness (QED) is 0.668. The van der Waals surface area contributed by atoms with Gasteiger partial charge in [0.2, 0.25) is 12.5 Å². The Morgan fingerprint density at radius 2 is 1.78 bits per heavy atom. The number of hydrogen-bond acceptors (Lipinski definition) is 8. The summed E-state index contributed by atoms with van der Waals surface area (Å²) in [6.45, 7) is 0.519. The Morgan fingerprint density at radius 3 is 2.47 bits per heavy atom. The van der Waals surface area contributed by atoms with Gasteiger partial charge >= 0.3 is 12.1 Å². The van der Waals surface area contributed by atoms with E-state index in [0.717, 1.165) is 0 Å². The largest absolute Gasteiger partial charge is 0.493 e. The minimum Gasteiger partial charge on any atom is -0.493 e. The molecule has 3 amide bonds. The van der Waals surface area contributed by atoms with Crippen molar-refractivity contribution >= 4 is 23.5 Å². The van der Waals surface area contributed by atoms with Gasteiger partial charge in [0, 0.05) is 23.9 Å². The highest BCUT2D eigenvalue weighted by atomic mass is 16.7. The van der Waals surface area contributed by atoms with Crippen LogP contribution in [0, 0.1) is 0 Å². The molecule has 2 N–H and O–H groups in total. The predicted molar refractivity (Wildman–Crippen MR) is 113 cm³/mol. The summed E-state index contributed by atoms with van der Waals surface area (Å²) in [5.74, 6) is 2.44. The number of carbonyl (C=O) groups excluding carboxylic acids is 2. The van der Waals surface area contributed by atoms with E-state index in [0.29, 0.717) is 40.1 Å². The monoisotopic (exact) mass is 445 g/mol. The van der Waals surface area contributed by atoms with Crippen molar-refractivity contribution in [2.24, 2.45) is 0 Å². The standard InChI is InChI=1S/C21H23N3O8/c1-27-17-7-13(8-18(28-2)19(17)29-3)24-10-14(32-21(24)26)9-22-20(25)23-12-4-5-15-16(6-12)31-11-30-15/h4-8,14H,9-11H2,1-3H3,(H2,22,23,25). The SMILES string of the molecule is COc1cc(N2CC(CNC(=O)Nc3ccc4c(c3)OCO4)OC2=O)cc(OC)c1OC. The maximum Gasteiger partial charge on any atom is 0.414 e. The van der Waals surface area contributed by atoms with Crippen LogP contribution in [0.25, 0.3) is 0 Å². The van der Waals surface area contributed by atoms with Crippen molar-refractivity contribution in [3.8, 4) is 28.7 Å². The third-order valence-corrected chi connectivity index (χ3v) is 4.96. The van der Waals surface area contributed by atoms with Crippen LogP contribution in [0.3, 0.4) is 0 Å². The van der Waals surface area contributed by atoms with Crippen LogP contribution in [0.5, 0.6) is 28.7 Å². The molecule has 0 radical (unpaired) electrons. The van der Waals surface area contributed by atoms with E-state index in [-0.39, 0.29) is 19.9 Å². The first-order valence-corrected chi connectivity index (χ1v) is 9.75. The van der Waals surface area contributed by atoms with Gasteiger partial charge < -0.3 is 39.1 Å². The van der Waals surface area contributed by atoms with Gasteiger partial charge in [0.25, 0.3) is 0 Å². The maximum atomic E-state index is 12.4. The molecule has 0 saturated carbocycles. The number of nitrogens with zero attached hydrogens (tertiary/aromatic N) is 1. The summed E-state index contributed by atoms with van der Waals surface area (Å²) in [5.41, 5.74) is 1.08. The van der Waals surface area contributed by atoms with Crippen LogP contribution in [-0.2, 0) is 4.74 Å². The zero-order valence-electron chi connectivity index (χ0n) is 17.8. The molecule has 0 aromatic heterocycles. The first-order valence-electron chi connectivity index (χ1n) is 9.75. The second-order valence-electron chi connectivity index (χ2n) is 6.90. The van der Waals surface area contributed by atoms with E-state index in [1.165, 1.54) is 26.2 Å². The molecule has 32 heavy (non-hydrogen) atoms. The maximum absolute atomic E-state index is 12.4. The van der Waals surface area contributed by atoms with Crippen molar-refractivity contribution in [2.75, 3.05) is 51.4 Å². The third-order valence-electron chi connectivity index (χ3n) is 4.96. The number of fused-ring (bicyclic) bond motifs is 1. The van der Waals surface area contributed by atoms with E-state index in [1.54, 1.807) is 30.3 Å². The number of benzene rings is 2. The highest BCUT2D eigenvalue weighted by Crippen LogP contribution is 2.41. The minimum atomic E-state index is -0.540. The summed E-state index contributed by atoms with van der Waals surface area (Å²) in [4.78, 5) is 26.1. The Hall–Kier alpha value is -4.02. The Morgan fingerprint density at radius 1 is 1.06 bits per heavy atom.